The molecular weight excluding hydrogens is 424 g/mol. The van der Waals surface area contributed by atoms with Gasteiger partial charge in [0, 0.05) is 11.5 Å². The predicted octanol–water partition coefficient (Wildman–Crippen LogP) is 4.11. The molecule has 33 heavy (non-hydrogen) atoms. The molecule has 2 aliphatic rings. The molecule has 0 radical (unpaired) electrons. The van der Waals surface area contributed by atoms with Gasteiger partial charge in [-0.15, -0.1) is 0 Å². The van der Waals surface area contributed by atoms with Gasteiger partial charge < -0.3 is 14.4 Å². The van der Waals surface area contributed by atoms with E-state index < -0.39 is 41.5 Å². The first-order chi connectivity index (χ1) is 15.5. The zero-order chi connectivity index (χ0) is 24.5. The highest BCUT2D eigenvalue weighted by Crippen LogP contribution is 2.51. The molecule has 2 saturated heterocycles. The van der Waals surface area contributed by atoms with E-state index in [9.17, 15) is 19.7 Å². The fourth-order valence-electron chi connectivity index (χ4n) is 5.47. The molecule has 3 rings (SSSR count). The Morgan fingerprint density at radius 2 is 1.94 bits per heavy atom. The molecule has 1 aromatic carbocycles. The summed E-state index contributed by atoms with van der Waals surface area (Å²) in [5.74, 6) is -1.61. The highest BCUT2D eigenvalue weighted by atomic mass is 16.6. The molecule has 0 saturated carbocycles. The summed E-state index contributed by atoms with van der Waals surface area (Å²) in [6.07, 6.45) is 0.567. The van der Waals surface area contributed by atoms with Gasteiger partial charge in [-0.2, -0.15) is 0 Å². The number of amides is 1. The molecule has 2 fully saturated rings. The van der Waals surface area contributed by atoms with E-state index in [1.165, 1.54) is 4.90 Å². The van der Waals surface area contributed by atoms with Crippen LogP contribution in [0.15, 0.2) is 24.3 Å². The average Bonchev–Trinajstić information content (AvgIpc) is 3.39. The molecule has 0 aliphatic carbocycles. The topological polar surface area (TPSA) is 99.0 Å². The van der Waals surface area contributed by atoms with Crippen molar-refractivity contribution in [1.29, 1.82) is 0 Å². The zero-order valence-corrected chi connectivity index (χ0v) is 20.4. The standard InChI is InChI=1S/C25H36N2O6/c1-7-32-24(29)22-19(25(4,5)6)21(27(30)31)20(17-12-9-8-11-16(17)15(2)3)26(22)23(28)18-13-10-14-33-18/h8-9,11-12,15,18-22H,7,10,13-14H2,1-6H3/t18-,19-,20-,21-,22-/m0/s1. The lowest BCUT2D eigenvalue weighted by atomic mass is 9.72. The maximum Gasteiger partial charge on any atom is 0.329 e. The zero-order valence-electron chi connectivity index (χ0n) is 20.4. The average molecular weight is 461 g/mol. The van der Waals surface area contributed by atoms with Crippen molar-refractivity contribution < 1.29 is 24.0 Å². The molecule has 8 nitrogen and oxygen atoms in total. The Kier molecular flexibility index (Phi) is 7.46. The predicted molar refractivity (Wildman–Crippen MR) is 123 cm³/mol. The van der Waals surface area contributed by atoms with Gasteiger partial charge in [0.25, 0.3) is 5.91 Å². The Morgan fingerprint density at radius 1 is 1.27 bits per heavy atom. The molecule has 0 aromatic heterocycles. The summed E-state index contributed by atoms with van der Waals surface area (Å²) in [7, 11) is 0. The summed E-state index contributed by atoms with van der Waals surface area (Å²) >= 11 is 0. The van der Waals surface area contributed by atoms with Crippen LogP contribution in [0.25, 0.3) is 0 Å². The third-order valence-electron chi connectivity index (χ3n) is 6.80. The number of hydrogen-bond acceptors (Lipinski definition) is 6. The van der Waals surface area contributed by atoms with Gasteiger partial charge in [0.1, 0.15) is 18.2 Å². The number of rotatable bonds is 6. The molecule has 1 aromatic rings. The molecular formula is C25H36N2O6. The second kappa shape index (κ2) is 9.79. The van der Waals surface area contributed by atoms with Crippen LogP contribution in [0.3, 0.4) is 0 Å². The fraction of sp³-hybridized carbons (Fsp3) is 0.680. The SMILES string of the molecule is CCOC(=O)[C@@H]1[C@@H](C(C)(C)C)[C@H]([N+](=O)[O-])[C@H](c2ccccc2C(C)C)N1C(=O)[C@@H]1CCCO1. The third-order valence-corrected chi connectivity index (χ3v) is 6.80. The first-order valence-corrected chi connectivity index (χ1v) is 11.8. The van der Waals surface area contributed by atoms with Gasteiger partial charge in [-0.05, 0) is 42.2 Å². The van der Waals surface area contributed by atoms with Crippen molar-refractivity contribution in [2.75, 3.05) is 13.2 Å². The molecule has 0 spiro atoms. The van der Waals surface area contributed by atoms with Gasteiger partial charge >= 0.3 is 5.97 Å². The second-order valence-electron chi connectivity index (χ2n) is 10.3. The second-order valence-corrected chi connectivity index (χ2v) is 10.3. The smallest absolute Gasteiger partial charge is 0.329 e. The summed E-state index contributed by atoms with van der Waals surface area (Å²) in [4.78, 5) is 40.9. The molecule has 8 heteroatoms. The molecule has 2 aliphatic heterocycles. The van der Waals surface area contributed by atoms with E-state index in [1.54, 1.807) is 6.92 Å². The van der Waals surface area contributed by atoms with Crippen molar-refractivity contribution in [2.24, 2.45) is 11.3 Å². The van der Waals surface area contributed by atoms with E-state index in [0.29, 0.717) is 18.6 Å². The van der Waals surface area contributed by atoms with Crippen LogP contribution < -0.4 is 0 Å². The highest BCUT2D eigenvalue weighted by molar-refractivity contribution is 5.89. The van der Waals surface area contributed by atoms with Crippen molar-refractivity contribution in [1.82, 2.24) is 4.90 Å². The van der Waals surface area contributed by atoms with Gasteiger partial charge in [0.15, 0.2) is 0 Å². The van der Waals surface area contributed by atoms with Crippen LogP contribution in [0.5, 0.6) is 0 Å². The summed E-state index contributed by atoms with van der Waals surface area (Å²) < 4.78 is 11.1. The Bertz CT molecular complexity index is 887. The normalized spacial score (nSPS) is 27.7. The molecule has 0 N–H and O–H groups in total. The Hall–Kier alpha value is -2.48. The Morgan fingerprint density at radius 3 is 2.45 bits per heavy atom. The molecule has 5 atom stereocenters. The van der Waals surface area contributed by atoms with Crippen molar-refractivity contribution >= 4 is 11.9 Å². The Balaban J connectivity index is 2.28. The molecule has 2 heterocycles. The van der Waals surface area contributed by atoms with Crippen LogP contribution in [0.4, 0.5) is 0 Å². The van der Waals surface area contributed by atoms with Gasteiger partial charge in [-0.3, -0.25) is 14.9 Å². The van der Waals surface area contributed by atoms with E-state index in [1.807, 2.05) is 58.9 Å². The minimum absolute atomic E-state index is 0.0861. The first-order valence-electron chi connectivity index (χ1n) is 11.8. The number of benzene rings is 1. The number of nitrogens with zero attached hydrogens (tertiary/aromatic N) is 2. The van der Waals surface area contributed by atoms with E-state index in [2.05, 4.69) is 0 Å². The first kappa shape index (κ1) is 25.1. The van der Waals surface area contributed by atoms with Crippen LogP contribution >= 0.6 is 0 Å². The number of ether oxygens (including phenoxy) is 2. The molecule has 0 unspecified atom stereocenters. The van der Waals surface area contributed by atoms with E-state index in [-0.39, 0.29) is 23.4 Å². The maximum atomic E-state index is 13.8. The lowest BCUT2D eigenvalue weighted by Gasteiger charge is -2.34. The van der Waals surface area contributed by atoms with Gasteiger partial charge in [0.2, 0.25) is 6.04 Å². The summed E-state index contributed by atoms with van der Waals surface area (Å²) in [5, 5.41) is 12.6. The number of carbonyl (C=O) groups excluding carboxylic acids is 2. The monoisotopic (exact) mass is 460 g/mol. The number of carbonyl (C=O) groups is 2. The number of likely N-dealkylation sites (tertiary alicyclic amines) is 1. The number of nitro groups is 1. The van der Waals surface area contributed by atoms with Crippen molar-refractivity contribution in [3.05, 3.63) is 45.5 Å². The molecule has 0 bridgehead atoms. The van der Waals surface area contributed by atoms with Crippen LogP contribution in [-0.2, 0) is 19.1 Å². The van der Waals surface area contributed by atoms with E-state index in [4.69, 9.17) is 9.47 Å². The van der Waals surface area contributed by atoms with E-state index in [0.717, 1.165) is 12.0 Å². The largest absolute Gasteiger partial charge is 0.464 e. The lowest BCUT2D eigenvalue weighted by Crippen LogP contribution is -2.50. The Labute approximate surface area is 195 Å². The van der Waals surface area contributed by atoms with Crippen molar-refractivity contribution in [3.63, 3.8) is 0 Å². The quantitative estimate of drug-likeness (QED) is 0.360. The van der Waals surface area contributed by atoms with E-state index >= 15 is 0 Å². The van der Waals surface area contributed by atoms with Gasteiger partial charge in [-0.1, -0.05) is 58.9 Å². The minimum Gasteiger partial charge on any atom is -0.464 e. The lowest BCUT2D eigenvalue weighted by molar-refractivity contribution is -0.536. The minimum atomic E-state index is -1.16. The summed E-state index contributed by atoms with van der Waals surface area (Å²) in [5.41, 5.74) is 1.00. The molecule has 182 valence electrons. The summed E-state index contributed by atoms with van der Waals surface area (Å²) in [6, 6.07) is 4.39. The summed E-state index contributed by atoms with van der Waals surface area (Å²) in [6.45, 7) is 12.0. The fourth-order valence-corrected chi connectivity index (χ4v) is 5.47. The molecule has 1 amide bonds. The third kappa shape index (κ3) is 4.76. The van der Waals surface area contributed by atoms with Crippen LogP contribution in [0, 0.1) is 21.4 Å². The van der Waals surface area contributed by atoms with Crippen LogP contribution in [0.2, 0.25) is 0 Å². The highest BCUT2D eigenvalue weighted by Gasteiger charge is 2.64. The van der Waals surface area contributed by atoms with Gasteiger partial charge in [0.05, 0.1) is 12.5 Å². The number of esters is 1. The number of hydrogen-bond donors (Lipinski definition) is 0. The van der Waals surface area contributed by atoms with Crippen LogP contribution in [0.1, 0.15) is 77.5 Å². The van der Waals surface area contributed by atoms with Crippen molar-refractivity contribution in [2.45, 2.75) is 84.5 Å². The van der Waals surface area contributed by atoms with Crippen LogP contribution in [-0.4, -0.2) is 53.1 Å². The van der Waals surface area contributed by atoms with Crippen molar-refractivity contribution in [3.8, 4) is 0 Å². The van der Waals surface area contributed by atoms with Gasteiger partial charge in [-0.25, -0.2) is 4.79 Å². The maximum absolute atomic E-state index is 13.8.